The first-order valence-electron chi connectivity index (χ1n) is 3.48. The Morgan fingerprint density at radius 3 is 2.89 bits per heavy atom. The third-order valence-electron chi connectivity index (χ3n) is 1.91. The second kappa shape index (κ2) is 3.15. The number of hydrogen-bond acceptors (Lipinski definition) is 2. The largest absolute Gasteiger partial charge is 0.634 e. The van der Waals surface area contributed by atoms with Crippen LogP contribution in [0.5, 0.6) is 0 Å². The highest BCUT2D eigenvalue weighted by Crippen LogP contribution is 2.01. The molecule has 1 heterocycles. The summed E-state index contributed by atoms with van der Waals surface area (Å²) in [6.45, 7) is 0.904. The quantitative estimate of drug-likeness (QED) is 0.468. The highest BCUT2D eigenvalue weighted by Gasteiger charge is 2.20. The number of hydroxylamine groups is 2. The van der Waals surface area contributed by atoms with Gasteiger partial charge in [-0.05, 0) is 0 Å². The van der Waals surface area contributed by atoms with E-state index in [9.17, 15) is 5.21 Å². The predicted octanol–water partition coefficient (Wildman–Crippen LogP) is -1.09. The maximum atomic E-state index is 10.9. The van der Waals surface area contributed by atoms with Crippen molar-refractivity contribution in [2.24, 2.45) is 0 Å². The third kappa shape index (κ3) is 1.64. The lowest BCUT2D eigenvalue weighted by Crippen LogP contribution is -3.08. The van der Waals surface area contributed by atoms with Gasteiger partial charge < -0.3 is 15.4 Å². The van der Waals surface area contributed by atoms with Crippen LogP contribution in [-0.2, 0) is 0 Å². The maximum absolute atomic E-state index is 10.9. The number of rotatable bonds is 2. The van der Waals surface area contributed by atoms with Crippen LogP contribution >= 0.6 is 0 Å². The number of hydrogen-bond donors (Lipinski definition) is 2. The second-order valence-corrected chi connectivity index (χ2v) is 2.57. The minimum absolute atomic E-state index is 0.163. The molecule has 1 aliphatic rings. The van der Waals surface area contributed by atoms with Crippen molar-refractivity contribution in [1.29, 1.82) is 0 Å². The van der Waals surface area contributed by atoms with E-state index in [4.69, 9.17) is 5.11 Å². The summed E-state index contributed by atoms with van der Waals surface area (Å²) in [5.41, 5.74) is 0. The monoisotopic (exact) mass is 131 g/mol. The molecule has 3 heteroatoms. The molecule has 1 fully saturated rings. The molecule has 9 heavy (non-hydrogen) atoms. The van der Waals surface area contributed by atoms with E-state index >= 15 is 0 Å². The average Bonchev–Trinajstić information content (AvgIpc) is 2.18. The first-order chi connectivity index (χ1) is 4.34. The topological polar surface area (TPSA) is 47.7 Å². The first kappa shape index (κ1) is 6.99. The molecule has 1 saturated heterocycles. The van der Waals surface area contributed by atoms with Gasteiger partial charge in [-0.15, -0.1) is 0 Å². The molecule has 0 saturated carbocycles. The van der Waals surface area contributed by atoms with Gasteiger partial charge in [-0.2, -0.15) is 0 Å². The summed E-state index contributed by atoms with van der Waals surface area (Å²) in [7, 11) is 0. The standard InChI is InChI=1S/C6H13NO2/c8-5-3-6-2-1-4-7(6)9/h6-8H,1-5H2. The Morgan fingerprint density at radius 2 is 2.44 bits per heavy atom. The molecule has 0 amide bonds. The number of quaternary nitrogens is 1. The molecule has 2 N–H and O–H groups in total. The van der Waals surface area contributed by atoms with E-state index in [1.165, 1.54) is 0 Å². The number of aliphatic hydroxyl groups excluding tert-OH is 1. The van der Waals surface area contributed by atoms with Gasteiger partial charge >= 0.3 is 0 Å². The van der Waals surface area contributed by atoms with Crippen molar-refractivity contribution in [1.82, 2.24) is 0 Å². The zero-order valence-electron chi connectivity index (χ0n) is 5.47. The summed E-state index contributed by atoms with van der Waals surface area (Å²) >= 11 is 0. The van der Waals surface area contributed by atoms with E-state index < -0.39 is 0 Å². The maximum Gasteiger partial charge on any atom is 0.0896 e. The van der Waals surface area contributed by atoms with Crippen molar-refractivity contribution < 1.29 is 10.2 Å². The van der Waals surface area contributed by atoms with E-state index in [1.807, 2.05) is 0 Å². The van der Waals surface area contributed by atoms with Crippen molar-refractivity contribution in [2.75, 3.05) is 13.2 Å². The highest BCUT2D eigenvalue weighted by atomic mass is 16.5. The summed E-state index contributed by atoms with van der Waals surface area (Å²) in [6, 6.07) is 0.190. The number of nitrogens with one attached hydrogen (secondary N) is 1. The van der Waals surface area contributed by atoms with Gasteiger partial charge in [0.25, 0.3) is 0 Å². The summed E-state index contributed by atoms with van der Waals surface area (Å²) in [4.78, 5) is 0. The molecule has 0 aliphatic carbocycles. The molecule has 0 radical (unpaired) electrons. The van der Waals surface area contributed by atoms with E-state index in [-0.39, 0.29) is 12.6 Å². The predicted molar refractivity (Wildman–Crippen MR) is 33.9 cm³/mol. The van der Waals surface area contributed by atoms with Crippen LogP contribution in [0.2, 0.25) is 0 Å². The molecule has 54 valence electrons. The van der Waals surface area contributed by atoms with Gasteiger partial charge in [-0.25, -0.2) is 0 Å². The lowest BCUT2D eigenvalue weighted by molar-refractivity contribution is -0.861. The second-order valence-electron chi connectivity index (χ2n) is 2.57. The summed E-state index contributed by atoms with van der Waals surface area (Å²) in [6.07, 6.45) is 2.71. The Hall–Kier alpha value is -0.120. The van der Waals surface area contributed by atoms with Crippen LogP contribution in [0.25, 0.3) is 0 Å². The van der Waals surface area contributed by atoms with Crippen LogP contribution < -0.4 is 5.06 Å². The molecular weight excluding hydrogens is 118 g/mol. The fraction of sp³-hybridized carbons (Fsp3) is 1.00. The lowest BCUT2D eigenvalue weighted by Gasteiger charge is -2.23. The fourth-order valence-corrected chi connectivity index (χ4v) is 1.35. The van der Waals surface area contributed by atoms with Gasteiger partial charge in [0.2, 0.25) is 0 Å². The summed E-state index contributed by atoms with van der Waals surface area (Å²) < 4.78 is 0. The molecular formula is C6H13NO2. The summed E-state index contributed by atoms with van der Waals surface area (Å²) in [5, 5.41) is 19.7. The fourth-order valence-electron chi connectivity index (χ4n) is 1.35. The van der Waals surface area contributed by atoms with E-state index in [0.29, 0.717) is 11.5 Å². The van der Waals surface area contributed by atoms with Gasteiger partial charge in [-0.1, -0.05) is 0 Å². The van der Waals surface area contributed by atoms with Crippen LogP contribution in [0.4, 0.5) is 0 Å². The Bertz CT molecular complexity index is 87.1. The molecule has 0 aromatic carbocycles. The van der Waals surface area contributed by atoms with Gasteiger partial charge in [0.1, 0.15) is 0 Å². The molecule has 0 bridgehead atoms. The molecule has 3 nitrogen and oxygen atoms in total. The molecule has 1 aliphatic heterocycles. The molecule has 2 unspecified atom stereocenters. The van der Waals surface area contributed by atoms with Crippen LogP contribution in [0.15, 0.2) is 0 Å². The highest BCUT2D eigenvalue weighted by molar-refractivity contribution is 4.61. The SMILES string of the molecule is [O-][NH+]1CCCC1CCO. The average molecular weight is 131 g/mol. The molecule has 0 aromatic heterocycles. The molecule has 1 rings (SSSR count). The number of aliphatic hydroxyl groups is 1. The van der Waals surface area contributed by atoms with Crippen LogP contribution in [-0.4, -0.2) is 24.3 Å². The van der Waals surface area contributed by atoms with Crippen LogP contribution in [0, 0.1) is 5.21 Å². The van der Waals surface area contributed by atoms with Crippen molar-refractivity contribution in [2.45, 2.75) is 25.3 Å². The van der Waals surface area contributed by atoms with Gasteiger partial charge in [0.05, 0.1) is 12.6 Å². The van der Waals surface area contributed by atoms with E-state index in [0.717, 1.165) is 19.4 Å². The smallest absolute Gasteiger partial charge is 0.0896 e. The van der Waals surface area contributed by atoms with Crippen molar-refractivity contribution in [3.8, 4) is 0 Å². The Labute approximate surface area is 54.9 Å². The molecule has 0 spiro atoms. The Morgan fingerprint density at radius 1 is 1.67 bits per heavy atom. The summed E-state index contributed by atoms with van der Waals surface area (Å²) in [5.74, 6) is 0. The van der Waals surface area contributed by atoms with Crippen LogP contribution in [0.1, 0.15) is 19.3 Å². The van der Waals surface area contributed by atoms with Crippen molar-refractivity contribution in [3.63, 3.8) is 0 Å². The normalized spacial score (nSPS) is 35.3. The molecule has 0 aromatic rings. The van der Waals surface area contributed by atoms with Gasteiger partial charge in [-0.3, -0.25) is 0 Å². The van der Waals surface area contributed by atoms with Crippen molar-refractivity contribution >= 4 is 0 Å². The minimum Gasteiger partial charge on any atom is -0.634 e. The third-order valence-corrected chi connectivity index (χ3v) is 1.91. The van der Waals surface area contributed by atoms with E-state index in [1.54, 1.807) is 0 Å². The Balaban J connectivity index is 2.22. The van der Waals surface area contributed by atoms with Gasteiger partial charge in [0.15, 0.2) is 0 Å². The van der Waals surface area contributed by atoms with E-state index in [2.05, 4.69) is 0 Å². The lowest BCUT2D eigenvalue weighted by atomic mass is 10.2. The zero-order chi connectivity index (χ0) is 6.69. The zero-order valence-corrected chi connectivity index (χ0v) is 5.47. The van der Waals surface area contributed by atoms with Gasteiger partial charge in [0, 0.05) is 25.9 Å². The van der Waals surface area contributed by atoms with Crippen LogP contribution in [0.3, 0.4) is 0 Å². The first-order valence-corrected chi connectivity index (χ1v) is 3.48. The minimum atomic E-state index is 0.163. The molecule has 2 atom stereocenters. The Kier molecular flexibility index (Phi) is 2.45. The van der Waals surface area contributed by atoms with Crippen molar-refractivity contribution in [3.05, 3.63) is 5.21 Å².